The van der Waals surface area contributed by atoms with E-state index in [1.165, 1.54) is 13.1 Å². The van der Waals surface area contributed by atoms with Crippen LogP contribution < -0.4 is 5.73 Å². The number of nitrogens with zero attached hydrogens (tertiary/aromatic N) is 4. The summed E-state index contributed by atoms with van der Waals surface area (Å²) >= 11 is 0. The standard InChI is InChI=1S/C19H18F2N4O2.CH5N/c1-12-5-2-3-6-13(12)19(7-8-19)18-22-17(27-24-18)14-11-15(16(20)21)25(23-14)9-4-10-26;1-2/h2-3,5-6,10-11,16H,4,7-9H2,1H3;2H2,1H3. The molecule has 0 radical (unpaired) electrons. The van der Waals surface area contributed by atoms with Gasteiger partial charge >= 0.3 is 0 Å². The summed E-state index contributed by atoms with van der Waals surface area (Å²) in [6.07, 6.45) is -0.117. The van der Waals surface area contributed by atoms with E-state index in [2.05, 4.69) is 27.0 Å². The summed E-state index contributed by atoms with van der Waals surface area (Å²) < 4.78 is 32.9. The van der Waals surface area contributed by atoms with Crippen molar-refractivity contribution in [3.8, 4) is 11.6 Å². The van der Waals surface area contributed by atoms with E-state index in [9.17, 15) is 13.6 Å². The van der Waals surface area contributed by atoms with Crippen LogP contribution in [0.25, 0.3) is 11.6 Å². The minimum Gasteiger partial charge on any atom is -0.333 e. The minimum atomic E-state index is -2.71. The highest BCUT2D eigenvalue weighted by Gasteiger charge is 2.50. The number of aldehydes is 1. The van der Waals surface area contributed by atoms with E-state index < -0.39 is 6.43 Å². The number of hydrogen-bond donors (Lipinski definition) is 1. The van der Waals surface area contributed by atoms with Gasteiger partial charge in [-0.05, 0) is 44.0 Å². The molecular weight excluding hydrogens is 380 g/mol. The van der Waals surface area contributed by atoms with Crippen LogP contribution in [0.4, 0.5) is 8.78 Å². The van der Waals surface area contributed by atoms with Gasteiger partial charge < -0.3 is 15.1 Å². The van der Waals surface area contributed by atoms with Gasteiger partial charge in [0, 0.05) is 13.0 Å². The molecule has 0 amide bonds. The Labute approximate surface area is 166 Å². The molecule has 0 atom stereocenters. The molecule has 1 fully saturated rings. The van der Waals surface area contributed by atoms with Gasteiger partial charge in [0.1, 0.15) is 12.0 Å². The number of carbonyl (C=O) groups is 1. The van der Waals surface area contributed by atoms with Gasteiger partial charge in [-0.15, -0.1) is 0 Å². The highest BCUT2D eigenvalue weighted by Crippen LogP contribution is 2.53. The fourth-order valence-corrected chi connectivity index (χ4v) is 3.44. The number of carbonyl (C=O) groups excluding carboxylic acids is 1. The van der Waals surface area contributed by atoms with Crippen molar-refractivity contribution < 1.29 is 18.1 Å². The molecule has 0 unspecified atom stereocenters. The lowest BCUT2D eigenvalue weighted by molar-refractivity contribution is -0.108. The van der Waals surface area contributed by atoms with Crippen molar-refractivity contribution in [1.82, 2.24) is 19.9 Å². The van der Waals surface area contributed by atoms with Crippen molar-refractivity contribution in [2.75, 3.05) is 7.05 Å². The number of aromatic nitrogens is 4. The number of hydrogen-bond acceptors (Lipinski definition) is 6. The molecule has 4 rings (SSSR count). The molecule has 1 saturated carbocycles. The zero-order chi connectivity index (χ0) is 21.0. The topological polar surface area (TPSA) is 99.8 Å². The SMILES string of the molecule is CN.Cc1ccccc1C1(c2noc(-c3cc(C(F)F)n(CCC=O)n3)n2)CC1. The molecule has 29 heavy (non-hydrogen) atoms. The van der Waals surface area contributed by atoms with E-state index in [0.29, 0.717) is 12.1 Å². The summed E-state index contributed by atoms with van der Waals surface area (Å²) in [7, 11) is 1.50. The lowest BCUT2D eigenvalue weighted by Crippen LogP contribution is -2.12. The molecule has 0 spiro atoms. The van der Waals surface area contributed by atoms with Gasteiger partial charge in [0.25, 0.3) is 12.3 Å². The van der Waals surface area contributed by atoms with Gasteiger partial charge in [-0.1, -0.05) is 29.4 Å². The number of alkyl halides is 2. The average molecular weight is 403 g/mol. The summed E-state index contributed by atoms with van der Waals surface area (Å²) in [6, 6.07) is 9.29. The van der Waals surface area contributed by atoms with Gasteiger partial charge in [0.05, 0.1) is 5.41 Å². The predicted molar refractivity (Wildman–Crippen MR) is 102 cm³/mol. The third kappa shape index (κ3) is 3.95. The van der Waals surface area contributed by atoms with Crippen LogP contribution in [0.2, 0.25) is 0 Å². The molecular formula is C20H23F2N5O2. The zero-order valence-electron chi connectivity index (χ0n) is 16.3. The first kappa shape index (κ1) is 20.8. The van der Waals surface area contributed by atoms with Crippen LogP contribution in [-0.2, 0) is 16.8 Å². The molecule has 9 heteroatoms. The van der Waals surface area contributed by atoms with Gasteiger partial charge in [0.15, 0.2) is 11.5 Å². The van der Waals surface area contributed by atoms with Gasteiger partial charge in [-0.3, -0.25) is 4.68 Å². The van der Waals surface area contributed by atoms with Crippen molar-refractivity contribution in [1.29, 1.82) is 0 Å². The number of aryl methyl sites for hydroxylation is 2. The molecule has 2 N–H and O–H groups in total. The number of rotatable bonds is 7. The zero-order valence-corrected chi connectivity index (χ0v) is 16.3. The Morgan fingerprint density at radius 1 is 1.31 bits per heavy atom. The summed E-state index contributed by atoms with van der Waals surface area (Å²) in [5, 5.41) is 8.24. The molecule has 1 aromatic carbocycles. The molecule has 154 valence electrons. The van der Waals surface area contributed by atoms with Crippen molar-refractivity contribution in [3.05, 3.63) is 53.0 Å². The van der Waals surface area contributed by atoms with Crippen molar-refractivity contribution in [2.24, 2.45) is 5.73 Å². The molecule has 0 bridgehead atoms. The van der Waals surface area contributed by atoms with Crippen LogP contribution in [0.1, 0.15) is 48.3 Å². The minimum absolute atomic E-state index is 0.0807. The first-order valence-corrected chi connectivity index (χ1v) is 9.33. The normalized spacial score (nSPS) is 14.4. The third-order valence-electron chi connectivity index (χ3n) is 4.98. The molecule has 0 aliphatic heterocycles. The second-order valence-corrected chi connectivity index (χ2v) is 6.75. The van der Waals surface area contributed by atoms with Crippen LogP contribution in [0.5, 0.6) is 0 Å². The molecule has 1 aliphatic rings. The lowest BCUT2D eigenvalue weighted by Gasteiger charge is -2.13. The molecule has 2 heterocycles. The second kappa shape index (κ2) is 8.60. The van der Waals surface area contributed by atoms with E-state index in [1.807, 2.05) is 25.1 Å². The highest BCUT2D eigenvalue weighted by atomic mass is 19.3. The summed E-state index contributed by atoms with van der Waals surface area (Å²) in [5.41, 5.74) is 6.45. The predicted octanol–water partition coefficient (Wildman–Crippen LogP) is 3.42. The van der Waals surface area contributed by atoms with Gasteiger partial charge in [-0.25, -0.2) is 8.78 Å². The first-order valence-electron chi connectivity index (χ1n) is 9.33. The van der Waals surface area contributed by atoms with Gasteiger partial charge in [0.2, 0.25) is 0 Å². The van der Waals surface area contributed by atoms with Crippen LogP contribution in [0.15, 0.2) is 34.9 Å². The van der Waals surface area contributed by atoms with Crippen LogP contribution in [-0.4, -0.2) is 33.3 Å². The largest absolute Gasteiger partial charge is 0.333 e. The average Bonchev–Trinajstić information content (AvgIpc) is 3.17. The Morgan fingerprint density at radius 3 is 2.66 bits per heavy atom. The molecule has 2 aromatic heterocycles. The van der Waals surface area contributed by atoms with E-state index in [4.69, 9.17) is 4.52 Å². The lowest BCUT2D eigenvalue weighted by atomic mass is 9.91. The quantitative estimate of drug-likeness (QED) is 0.607. The summed E-state index contributed by atoms with van der Waals surface area (Å²) in [6.45, 7) is 2.12. The molecule has 3 aromatic rings. The van der Waals surface area contributed by atoms with E-state index in [0.717, 1.165) is 28.7 Å². The van der Waals surface area contributed by atoms with Crippen molar-refractivity contribution >= 4 is 6.29 Å². The molecule has 1 aliphatic carbocycles. The third-order valence-corrected chi connectivity index (χ3v) is 4.98. The fourth-order valence-electron chi connectivity index (χ4n) is 3.44. The first-order chi connectivity index (χ1) is 14.0. The van der Waals surface area contributed by atoms with Crippen LogP contribution in [0, 0.1) is 6.92 Å². The Balaban J connectivity index is 0.00000117. The Morgan fingerprint density at radius 2 is 2.03 bits per heavy atom. The van der Waals surface area contributed by atoms with Crippen molar-refractivity contribution in [2.45, 2.75) is 44.6 Å². The van der Waals surface area contributed by atoms with E-state index in [1.54, 1.807) is 0 Å². The van der Waals surface area contributed by atoms with Crippen LogP contribution in [0.3, 0.4) is 0 Å². The molecule has 0 saturated heterocycles. The monoisotopic (exact) mass is 403 g/mol. The van der Waals surface area contributed by atoms with Crippen LogP contribution >= 0.6 is 0 Å². The maximum Gasteiger partial charge on any atom is 0.280 e. The second-order valence-electron chi connectivity index (χ2n) is 6.75. The Kier molecular flexibility index (Phi) is 6.17. The van der Waals surface area contributed by atoms with Crippen molar-refractivity contribution in [3.63, 3.8) is 0 Å². The van der Waals surface area contributed by atoms with E-state index >= 15 is 0 Å². The number of benzene rings is 1. The van der Waals surface area contributed by atoms with E-state index in [-0.39, 0.29) is 35.7 Å². The summed E-state index contributed by atoms with van der Waals surface area (Å²) in [5.74, 6) is 0.657. The highest BCUT2D eigenvalue weighted by molar-refractivity contribution is 5.51. The smallest absolute Gasteiger partial charge is 0.280 e. The number of halogens is 2. The number of nitrogens with two attached hydrogens (primary N) is 1. The maximum atomic E-state index is 13.2. The molecule has 7 nitrogen and oxygen atoms in total. The Bertz CT molecular complexity index is 979. The fraction of sp³-hybridized carbons (Fsp3) is 0.400. The Hall–Kier alpha value is -2.94. The van der Waals surface area contributed by atoms with Gasteiger partial charge in [-0.2, -0.15) is 10.1 Å². The maximum absolute atomic E-state index is 13.2. The summed E-state index contributed by atoms with van der Waals surface area (Å²) in [4.78, 5) is 15.0.